The first-order valence-corrected chi connectivity index (χ1v) is 5.89. The fourth-order valence-electron chi connectivity index (χ4n) is 1.70. The molecule has 0 bridgehead atoms. The van der Waals surface area contributed by atoms with E-state index in [0.29, 0.717) is 0 Å². The third kappa shape index (κ3) is 3.97. The zero-order valence-corrected chi connectivity index (χ0v) is 11.7. The molecule has 0 aliphatic carbocycles. The van der Waals surface area contributed by atoms with E-state index in [1.807, 2.05) is 35.5 Å². The molecular formula is C13H18BrN3. The summed E-state index contributed by atoms with van der Waals surface area (Å²) < 4.78 is 4.05. The fourth-order valence-corrected chi connectivity index (χ4v) is 1.70. The largest absolute Gasteiger partial charge is 1.00 e. The number of hydrogen-bond acceptors (Lipinski definition) is 1. The minimum absolute atomic E-state index is 0. The summed E-state index contributed by atoms with van der Waals surface area (Å²) in [6.07, 6.45) is 7.70. The van der Waals surface area contributed by atoms with Crippen LogP contribution in [0.15, 0.2) is 43.0 Å². The van der Waals surface area contributed by atoms with Gasteiger partial charge in [-0.15, -0.1) is 0 Å². The van der Waals surface area contributed by atoms with Gasteiger partial charge in [-0.3, -0.25) is 0 Å². The van der Waals surface area contributed by atoms with Crippen molar-refractivity contribution in [3.8, 4) is 5.69 Å². The van der Waals surface area contributed by atoms with Gasteiger partial charge in [-0.2, -0.15) is 0 Å². The van der Waals surface area contributed by atoms with Crippen LogP contribution in [0.25, 0.3) is 5.69 Å². The molecule has 2 aromatic rings. The minimum Gasteiger partial charge on any atom is -1.00 e. The van der Waals surface area contributed by atoms with Gasteiger partial charge in [0.05, 0.1) is 6.54 Å². The fraction of sp³-hybridized carbons (Fsp3) is 0.385. The molecule has 1 aromatic carbocycles. The summed E-state index contributed by atoms with van der Waals surface area (Å²) in [6, 6.07) is 10.2. The van der Waals surface area contributed by atoms with E-state index < -0.39 is 0 Å². The van der Waals surface area contributed by atoms with Crippen molar-refractivity contribution in [2.75, 3.05) is 0 Å². The number of para-hydroxylation sites is 1. The van der Waals surface area contributed by atoms with Crippen molar-refractivity contribution >= 4 is 0 Å². The maximum Gasteiger partial charge on any atom is 0.265 e. The lowest BCUT2D eigenvalue weighted by Gasteiger charge is -1.94. The first kappa shape index (κ1) is 13.9. The summed E-state index contributed by atoms with van der Waals surface area (Å²) in [5.41, 5.74) is 1.11. The van der Waals surface area contributed by atoms with E-state index in [0.717, 1.165) is 12.2 Å². The molecule has 4 heteroatoms. The molecule has 0 radical (unpaired) electrons. The number of aryl methyl sites for hydroxylation is 1. The number of benzene rings is 1. The first-order chi connectivity index (χ1) is 7.90. The van der Waals surface area contributed by atoms with Crippen LogP contribution in [0.2, 0.25) is 0 Å². The van der Waals surface area contributed by atoms with E-state index >= 15 is 0 Å². The molecule has 0 fully saturated rings. The van der Waals surface area contributed by atoms with Crippen LogP contribution in [0, 0.1) is 0 Å². The second kappa shape index (κ2) is 7.22. The molecule has 3 nitrogen and oxygen atoms in total. The second-order valence-corrected chi connectivity index (χ2v) is 3.97. The molecule has 0 saturated heterocycles. The van der Waals surface area contributed by atoms with E-state index in [9.17, 15) is 0 Å². The Kier molecular flexibility index (Phi) is 5.91. The number of rotatable bonds is 5. The van der Waals surface area contributed by atoms with E-state index in [2.05, 4.69) is 28.7 Å². The Morgan fingerprint density at radius 1 is 1.18 bits per heavy atom. The number of aromatic nitrogens is 3. The Morgan fingerprint density at radius 3 is 2.65 bits per heavy atom. The molecule has 0 aliphatic heterocycles. The third-order valence-electron chi connectivity index (χ3n) is 2.62. The third-order valence-corrected chi connectivity index (χ3v) is 2.62. The van der Waals surface area contributed by atoms with Crippen LogP contribution in [-0.2, 0) is 6.54 Å². The molecule has 92 valence electrons. The highest BCUT2D eigenvalue weighted by Crippen LogP contribution is 2.02. The van der Waals surface area contributed by atoms with E-state index in [-0.39, 0.29) is 17.0 Å². The van der Waals surface area contributed by atoms with Gasteiger partial charge in [-0.05, 0) is 18.6 Å². The minimum atomic E-state index is 0. The zero-order valence-electron chi connectivity index (χ0n) is 10.1. The van der Waals surface area contributed by atoms with Crippen molar-refractivity contribution in [2.24, 2.45) is 0 Å². The van der Waals surface area contributed by atoms with Crippen molar-refractivity contribution in [1.82, 2.24) is 9.78 Å². The summed E-state index contributed by atoms with van der Waals surface area (Å²) in [5, 5.41) is 4.34. The molecule has 0 saturated carbocycles. The number of unbranched alkanes of at least 4 members (excludes halogenated alkanes) is 2. The molecule has 0 N–H and O–H groups in total. The normalized spacial score (nSPS) is 9.94. The summed E-state index contributed by atoms with van der Waals surface area (Å²) in [6.45, 7) is 3.28. The Bertz CT molecular complexity index is 425. The van der Waals surface area contributed by atoms with Gasteiger partial charge in [0, 0.05) is 5.10 Å². The molecule has 0 aliphatic rings. The van der Waals surface area contributed by atoms with Gasteiger partial charge in [0.25, 0.3) is 6.33 Å². The summed E-state index contributed by atoms with van der Waals surface area (Å²) in [4.78, 5) is 0. The van der Waals surface area contributed by atoms with Crippen molar-refractivity contribution in [3.05, 3.63) is 43.0 Å². The van der Waals surface area contributed by atoms with Crippen molar-refractivity contribution in [1.29, 1.82) is 0 Å². The molecule has 2 rings (SSSR count). The van der Waals surface area contributed by atoms with Gasteiger partial charge in [-0.25, -0.2) is 4.57 Å². The summed E-state index contributed by atoms with van der Waals surface area (Å²) in [5.74, 6) is 0. The van der Waals surface area contributed by atoms with Crippen LogP contribution in [0.1, 0.15) is 26.2 Å². The van der Waals surface area contributed by atoms with Crippen molar-refractivity contribution in [3.63, 3.8) is 0 Å². The Morgan fingerprint density at radius 2 is 1.94 bits per heavy atom. The van der Waals surface area contributed by atoms with Gasteiger partial charge < -0.3 is 17.0 Å². The van der Waals surface area contributed by atoms with E-state index in [1.54, 1.807) is 0 Å². The lowest BCUT2D eigenvalue weighted by Crippen LogP contribution is -3.00. The van der Waals surface area contributed by atoms with Crippen LogP contribution in [0.5, 0.6) is 0 Å². The van der Waals surface area contributed by atoms with Crippen LogP contribution < -0.4 is 21.5 Å². The molecule has 17 heavy (non-hydrogen) atoms. The highest BCUT2D eigenvalue weighted by Gasteiger charge is 2.06. The van der Waals surface area contributed by atoms with Crippen LogP contribution in [0.3, 0.4) is 0 Å². The highest BCUT2D eigenvalue weighted by molar-refractivity contribution is 5.28. The summed E-state index contributed by atoms with van der Waals surface area (Å²) in [7, 11) is 0. The zero-order chi connectivity index (χ0) is 11.2. The lowest BCUT2D eigenvalue weighted by molar-refractivity contribution is -0.697. The van der Waals surface area contributed by atoms with Gasteiger partial charge in [0.1, 0.15) is 5.69 Å². The second-order valence-electron chi connectivity index (χ2n) is 3.97. The monoisotopic (exact) mass is 295 g/mol. The van der Waals surface area contributed by atoms with E-state index in [4.69, 9.17) is 0 Å². The highest BCUT2D eigenvalue weighted by atomic mass is 79.9. The Hall–Kier alpha value is -1.16. The van der Waals surface area contributed by atoms with Crippen molar-refractivity contribution < 1.29 is 21.5 Å². The molecule has 1 heterocycles. The SMILES string of the molecule is CCCCC[n+]1cnn(-c2ccccc2)c1.[Br-]. The first-order valence-electron chi connectivity index (χ1n) is 5.89. The molecule has 0 spiro atoms. The van der Waals surface area contributed by atoms with Gasteiger partial charge in [0.15, 0.2) is 0 Å². The standard InChI is InChI=1S/C13H18N3.BrH/c1-2-3-7-10-15-11-14-16(12-15)13-8-5-4-6-9-13;/h4-6,8-9,11-12H,2-3,7,10H2,1H3;1H/q+1;/p-1. The van der Waals surface area contributed by atoms with Gasteiger partial charge in [-0.1, -0.05) is 42.6 Å². The topological polar surface area (TPSA) is 21.7 Å². The molecule has 0 amide bonds. The number of halogens is 1. The maximum absolute atomic E-state index is 4.34. The van der Waals surface area contributed by atoms with Gasteiger partial charge in [0.2, 0.25) is 6.33 Å². The Labute approximate surface area is 113 Å². The van der Waals surface area contributed by atoms with E-state index in [1.165, 1.54) is 19.3 Å². The van der Waals surface area contributed by atoms with Crippen LogP contribution in [0.4, 0.5) is 0 Å². The number of hydrogen-bond donors (Lipinski definition) is 0. The van der Waals surface area contributed by atoms with Crippen LogP contribution in [-0.4, -0.2) is 9.78 Å². The smallest absolute Gasteiger partial charge is 0.265 e. The quantitative estimate of drug-likeness (QED) is 0.531. The molecule has 0 atom stereocenters. The van der Waals surface area contributed by atoms with Gasteiger partial charge >= 0.3 is 0 Å². The predicted molar refractivity (Wildman–Crippen MR) is 63.3 cm³/mol. The molecule has 1 aromatic heterocycles. The molecule has 0 unspecified atom stereocenters. The van der Waals surface area contributed by atoms with Crippen LogP contribution >= 0.6 is 0 Å². The lowest BCUT2D eigenvalue weighted by atomic mass is 10.2. The predicted octanol–water partition coefficient (Wildman–Crippen LogP) is -0.646. The number of nitrogens with zero attached hydrogens (tertiary/aromatic N) is 3. The van der Waals surface area contributed by atoms with Crippen molar-refractivity contribution in [2.45, 2.75) is 32.7 Å². The average molecular weight is 296 g/mol. The average Bonchev–Trinajstić information content (AvgIpc) is 2.79. The Balaban J connectivity index is 0.00000144. The summed E-state index contributed by atoms with van der Waals surface area (Å²) >= 11 is 0. The molecular weight excluding hydrogens is 278 g/mol. The maximum atomic E-state index is 4.34.